The zero-order valence-electron chi connectivity index (χ0n) is 24.6. The highest BCUT2D eigenvalue weighted by molar-refractivity contribution is 8.77. The predicted molar refractivity (Wildman–Crippen MR) is 167 cm³/mol. The summed E-state index contributed by atoms with van der Waals surface area (Å²) >= 11 is 0. The lowest BCUT2D eigenvalue weighted by molar-refractivity contribution is -0.142. The normalized spacial score (nSPS) is 15.3. The van der Waals surface area contributed by atoms with Crippen LogP contribution in [0.25, 0.3) is 0 Å². The number of amides is 2. The molecular weight excluding hydrogens is 599 g/mol. The summed E-state index contributed by atoms with van der Waals surface area (Å²) < 4.78 is 21.7. The van der Waals surface area contributed by atoms with Gasteiger partial charge in [0.15, 0.2) is 0 Å². The van der Waals surface area contributed by atoms with E-state index in [-0.39, 0.29) is 32.0 Å². The van der Waals surface area contributed by atoms with E-state index in [4.69, 9.17) is 29.0 Å². The number of carbonyl (C=O) groups excluding carboxylic acids is 2. The molecule has 43 heavy (non-hydrogen) atoms. The summed E-state index contributed by atoms with van der Waals surface area (Å²) in [5.74, 6) is -0.291. The number of rotatable bonds is 25. The van der Waals surface area contributed by atoms with Crippen LogP contribution in [-0.4, -0.2) is 117 Å². The van der Waals surface area contributed by atoms with Gasteiger partial charge in [-0.3, -0.25) is 9.59 Å². The fraction of sp³-hybridized carbons (Fsp3) is 0.679. The van der Waals surface area contributed by atoms with E-state index in [1.807, 2.05) is 21.6 Å². The van der Waals surface area contributed by atoms with Crippen LogP contribution in [-0.2, 0) is 39.8 Å². The van der Waals surface area contributed by atoms with Crippen molar-refractivity contribution in [1.82, 2.24) is 10.6 Å². The van der Waals surface area contributed by atoms with Gasteiger partial charge in [-0.25, -0.2) is 4.79 Å². The minimum atomic E-state index is -1.60. The molecule has 0 bridgehead atoms. The van der Waals surface area contributed by atoms with Crippen molar-refractivity contribution in [3.63, 3.8) is 0 Å². The Morgan fingerprint density at radius 3 is 2.07 bits per heavy atom. The average Bonchev–Trinajstić information content (AvgIpc) is 3.51. The van der Waals surface area contributed by atoms with E-state index in [9.17, 15) is 19.5 Å². The van der Waals surface area contributed by atoms with E-state index >= 15 is 0 Å². The molecular formula is C28H45BN2O10S2. The maximum Gasteiger partial charge on any atom is 0.488 e. The van der Waals surface area contributed by atoms with Crippen molar-refractivity contribution in [3.05, 3.63) is 29.8 Å². The number of carbonyl (C=O) groups is 3. The van der Waals surface area contributed by atoms with Crippen molar-refractivity contribution in [2.75, 3.05) is 65.2 Å². The third kappa shape index (κ3) is 18.5. The molecule has 5 N–H and O–H groups in total. The second-order valence-electron chi connectivity index (χ2n) is 9.90. The highest BCUT2D eigenvalue weighted by Crippen LogP contribution is 2.39. The Bertz CT molecular complexity index is 923. The first-order chi connectivity index (χ1) is 20.8. The number of carboxylic acid groups (broad SMARTS) is 1. The van der Waals surface area contributed by atoms with Gasteiger partial charge < -0.3 is 44.7 Å². The molecule has 12 nitrogen and oxygen atoms in total. The third-order valence-corrected chi connectivity index (χ3v) is 9.42. The number of carboxylic acids is 1. The van der Waals surface area contributed by atoms with E-state index in [1.54, 1.807) is 12.1 Å². The van der Waals surface area contributed by atoms with Gasteiger partial charge in [0.2, 0.25) is 11.8 Å². The zero-order valence-corrected chi connectivity index (χ0v) is 26.2. The van der Waals surface area contributed by atoms with Crippen molar-refractivity contribution in [2.24, 2.45) is 0 Å². The molecule has 15 heteroatoms. The molecule has 1 saturated heterocycles. The number of unbranched alkanes of at least 4 members (excludes halogenated alkanes) is 1. The van der Waals surface area contributed by atoms with E-state index in [1.165, 1.54) is 30.7 Å². The monoisotopic (exact) mass is 644 g/mol. The molecule has 242 valence electrons. The van der Waals surface area contributed by atoms with Crippen LogP contribution < -0.4 is 16.1 Å². The molecule has 0 aromatic heterocycles. The molecule has 2 atom stereocenters. The van der Waals surface area contributed by atoms with Crippen LogP contribution >= 0.6 is 21.6 Å². The van der Waals surface area contributed by atoms with Gasteiger partial charge in [0.1, 0.15) is 6.04 Å². The summed E-state index contributed by atoms with van der Waals surface area (Å²) in [6.45, 7) is 3.32. The van der Waals surface area contributed by atoms with Gasteiger partial charge in [-0.2, -0.15) is 0 Å². The van der Waals surface area contributed by atoms with Crippen LogP contribution in [0.15, 0.2) is 24.3 Å². The Morgan fingerprint density at radius 2 is 1.49 bits per heavy atom. The van der Waals surface area contributed by atoms with Gasteiger partial charge in [0.25, 0.3) is 0 Å². The standard InChI is InChI=1S/C28H45BN2O10S2/c32-26(4-2-1-3-24-10-20-42-43-24)30-11-13-39-15-17-41-19-18-40-16-14-38-12-9-27(33)31-25(28(34)35)21-22-5-7-23(8-6-22)29(36)37/h5-8,24-25,36-37H,1-4,9-21H2,(H,30,32)(H,31,33)(H,34,35). The number of hydrogen-bond donors (Lipinski definition) is 5. The number of nitrogens with one attached hydrogen (secondary N) is 2. The molecule has 0 aliphatic carbocycles. The number of aliphatic carboxylic acids is 1. The van der Waals surface area contributed by atoms with Crippen LogP contribution in [0.1, 0.15) is 44.1 Å². The first kappa shape index (κ1) is 37.3. The molecule has 0 radical (unpaired) electrons. The molecule has 2 amide bonds. The van der Waals surface area contributed by atoms with Crippen molar-refractivity contribution < 1.29 is 48.5 Å². The summed E-state index contributed by atoms with van der Waals surface area (Å²) in [6, 6.07) is 5.03. The zero-order chi connectivity index (χ0) is 31.1. The molecule has 1 aromatic carbocycles. The summed E-state index contributed by atoms with van der Waals surface area (Å²) in [4.78, 5) is 35.5. The minimum Gasteiger partial charge on any atom is -0.480 e. The first-order valence-corrected chi connectivity index (χ1v) is 17.1. The number of benzene rings is 1. The highest BCUT2D eigenvalue weighted by Gasteiger charge is 2.21. The molecule has 1 fully saturated rings. The van der Waals surface area contributed by atoms with Crippen LogP contribution in [0.2, 0.25) is 0 Å². The SMILES string of the molecule is O=C(CCCCC1CCSS1)NCCOCCOCCOCCOCCC(=O)NC(Cc1ccc(B(O)O)cc1)C(=O)O. The molecule has 1 heterocycles. The van der Waals surface area contributed by atoms with Crippen LogP contribution in [0.3, 0.4) is 0 Å². The molecule has 1 aliphatic heterocycles. The molecule has 0 saturated carbocycles. The van der Waals surface area contributed by atoms with Crippen LogP contribution in [0, 0.1) is 0 Å². The fourth-order valence-electron chi connectivity index (χ4n) is 4.03. The maximum atomic E-state index is 12.1. The van der Waals surface area contributed by atoms with Gasteiger partial charge in [-0.1, -0.05) is 52.3 Å². The van der Waals surface area contributed by atoms with Gasteiger partial charge >= 0.3 is 13.1 Å². The van der Waals surface area contributed by atoms with Crippen molar-refractivity contribution in [3.8, 4) is 0 Å². The van der Waals surface area contributed by atoms with Crippen molar-refractivity contribution >= 4 is 52.0 Å². The summed E-state index contributed by atoms with van der Waals surface area (Å²) in [7, 11) is 2.33. The predicted octanol–water partition coefficient (Wildman–Crippen LogP) is 0.765. The second-order valence-corrected chi connectivity index (χ2v) is 12.7. The Morgan fingerprint density at radius 1 is 0.860 bits per heavy atom. The Kier molecular flexibility index (Phi) is 20.4. The number of hydrogen-bond acceptors (Lipinski definition) is 11. The summed E-state index contributed by atoms with van der Waals surface area (Å²) in [6.07, 6.45) is 5.15. The molecule has 2 rings (SSSR count). The van der Waals surface area contributed by atoms with E-state index < -0.39 is 25.0 Å². The first-order valence-electron chi connectivity index (χ1n) is 14.7. The lowest BCUT2D eigenvalue weighted by Crippen LogP contribution is -2.42. The Labute approximate surface area is 261 Å². The fourth-order valence-corrected chi connectivity index (χ4v) is 7.06. The second kappa shape index (κ2) is 23.5. The lowest BCUT2D eigenvalue weighted by Gasteiger charge is -2.15. The Balaban J connectivity index is 1.34. The lowest BCUT2D eigenvalue weighted by atomic mass is 9.80. The van der Waals surface area contributed by atoms with E-state index in [0.717, 1.165) is 18.1 Å². The van der Waals surface area contributed by atoms with Crippen LogP contribution in [0.4, 0.5) is 0 Å². The quantitative estimate of drug-likeness (QED) is 0.0576. The average molecular weight is 645 g/mol. The highest BCUT2D eigenvalue weighted by atomic mass is 33.1. The summed E-state index contributed by atoms with van der Waals surface area (Å²) in [5.41, 5.74) is 0.929. The van der Waals surface area contributed by atoms with E-state index in [2.05, 4.69) is 10.6 Å². The van der Waals surface area contributed by atoms with Gasteiger partial charge in [-0.05, 0) is 30.3 Å². The van der Waals surface area contributed by atoms with E-state index in [0.29, 0.717) is 63.6 Å². The largest absolute Gasteiger partial charge is 0.488 e. The molecule has 1 aliphatic rings. The topological polar surface area (TPSA) is 173 Å². The smallest absolute Gasteiger partial charge is 0.480 e. The van der Waals surface area contributed by atoms with Gasteiger partial charge in [-0.15, -0.1) is 0 Å². The Hall–Kier alpha value is -1.85. The minimum absolute atomic E-state index is 0.00522. The number of ether oxygens (including phenoxy) is 4. The van der Waals surface area contributed by atoms with Crippen molar-refractivity contribution in [1.29, 1.82) is 0 Å². The third-order valence-electron chi connectivity index (χ3n) is 6.42. The summed E-state index contributed by atoms with van der Waals surface area (Å²) in [5, 5.41) is 33.8. The van der Waals surface area contributed by atoms with Crippen molar-refractivity contribution in [2.45, 2.75) is 56.2 Å². The molecule has 1 aromatic rings. The van der Waals surface area contributed by atoms with Gasteiger partial charge in [0, 0.05) is 36.8 Å². The maximum absolute atomic E-state index is 12.1. The molecule has 2 unspecified atom stereocenters. The van der Waals surface area contributed by atoms with Crippen LogP contribution in [0.5, 0.6) is 0 Å². The molecule has 0 spiro atoms. The van der Waals surface area contributed by atoms with Gasteiger partial charge in [0.05, 0.1) is 52.9 Å².